The molecule has 1 aromatic carbocycles. The van der Waals surface area contributed by atoms with Crippen molar-refractivity contribution in [1.29, 1.82) is 0 Å². The molecule has 2 rings (SSSR count). The highest BCUT2D eigenvalue weighted by Crippen LogP contribution is 2.29. The molecule has 0 unspecified atom stereocenters. The van der Waals surface area contributed by atoms with Crippen molar-refractivity contribution in [3.63, 3.8) is 0 Å². The monoisotopic (exact) mass is 260 g/mol. The molecule has 1 aromatic rings. The van der Waals surface area contributed by atoms with E-state index in [0.29, 0.717) is 0 Å². The minimum atomic E-state index is 0.102. The molecule has 1 aliphatic heterocycles. The second-order valence-corrected chi connectivity index (χ2v) is 6.50. The van der Waals surface area contributed by atoms with Crippen LogP contribution in [0.25, 0.3) is 0 Å². The van der Waals surface area contributed by atoms with Crippen LogP contribution in [0, 0.1) is 12.8 Å². The predicted octanol–water partition coefficient (Wildman–Crippen LogP) is 2.47. The van der Waals surface area contributed by atoms with Gasteiger partial charge < -0.3 is 10.2 Å². The van der Waals surface area contributed by atoms with E-state index in [1.807, 2.05) is 11.9 Å². The van der Waals surface area contributed by atoms with Crippen LogP contribution in [0.5, 0.6) is 0 Å². The molecule has 1 N–H and O–H groups in total. The van der Waals surface area contributed by atoms with Gasteiger partial charge in [-0.3, -0.25) is 4.79 Å². The molecular formula is C16H24N2O. The Labute approximate surface area is 116 Å². The van der Waals surface area contributed by atoms with Crippen molar-refractivity contribution >= 4 is 11.6 Å². The fourth-order valence-corrected chi connectivity index (χ4v) is 2.29. The molecule has 1 amide bonds. The third-order valence-corrected chi connectivity index (χ3v) is 3.90. The summed E-state index contributed by atoms with van der Waals surface area (Å²) in [5, 5.41) is 3.15. The first-order chi connectivity index (χ1) is 8.80. The molecule has 19 heavy (non-hydrogen) atoms. The first kappa shape index (κ1) is 14.1. The lowest BCUT2D eigenvalue weighted by Crippen LogP contribution is -2.51. The summed E-state index contributed by atoms with van der Waals surface area (Å²) in [6.45, 7) is 10.3. The molecule has 3 nitrogen and oxygen atoms in total. The van der Waals surface area contributed by atoms with E-state index in [4.69, 9.17) is 0 Å². The normalized spacial score (nSPS) is 16.1. The molecule has 104 valence electrons. The average Bonchev–Trinajstić information content (AvgIpc) is 2.24. The zero-order chi connectivity index (χ0) is 14.2. The van der Waals surface area contributed by atoms with Crippen molar-refractivity contribution in [3.8, 4) is 0 Å². The second kappa shape index (κ2) is 4.97. The maximum atomic E-state index is 12.3. The van der Waals surface area contributed by atoms with Gasteiger partial charge in [-0.05, 0) is 29.5 Å². The zero-order valence-electron chi connectivity index (χ0n) is 12.6. The molecule has 0 bridgehead atoms. The third kappa shape index (κ3) is 2.81. The van der Waals surface area contributed by atoms with Gasteiger partial charge >= 0.3 is 0 Å². The number of carbonyl (C=O) groups excluding carboxylic acids is 1. The summed E-state index contributed by atoms with van der Waals surface area (Å²) in [5.74, 6) is 0.357. The van der Waals surface area contributed by atoms with E-state index < -0.39 is 0 Å². The zero-order valence-corrected chi connectivity index (χ0v) is 12.6. The van der Waals surface area contributed by atoms with E-state index in [1.165, 1.54) is 5.56 Å². The molecule has 1 fully saturated rings. The summed E-state index contributed by atoms with van der Waals surface area (Å²) >= 11 is 0. The summed E-state index contributed by atoms with van der Waals surface area (Å²) in [7, 11) is 1.88. The first-order valence-electron chi connectivity index (χ1n) is 6.90. The first-order valence-corrected chi connectivity index (χ1v) is 6.90. The number of benzene rings is 1. The third-order valence-electron chi connectivity index (χ3n) is 3.90. The van der Waals surface area contributed by atoms with E-state index in [9.17, 15) is 4.79 Å². The van der Waals surface area contributed by atoms with Crippen LogP contribution in [0.3, 0.4) is 0 Å². The van der Waals surface area contributed by atoms with Crippen LogP contribution in [-0.4, -0.2) is 26.0 Å². The number of nitrogens with one attached hydrogen (secondary N) is 1. The fraction of sp³-hybridized carbons (Fsp3) is 0.562. The van der Waals surface area contributed by atoms with E-state index in [2.05, 4.69) is 51.2 Å². The molecule has 1 aliphatic rings. The lowest BCUT2D eigenvalue weighted by Gasteiger charge is -2.31. The maximum absolute atomic E-state index is 12.3. The van der Waals surface area contributed by atoms with Gasteiger partial charge in [-0.1, -0.05) is 32.9 Å². The summed E-state index contributed by atoms with van der Waals surface area (Å²) in [5.41, 5.74) is 3.55. The molecule has 0 saturated carbocycles. The van der Waals surface area contributed by atoms with Crippen LogP contribution in [0.15, 0.2) is 18.2 Å². The Morgan fingerprint density at radius 1 is 1.32 bits per heavy atom. The van der Waals surface area contributed by atoms with Gasteiger partial charge in [0.05, 0.1) is 5.92 Å². The van der Waals surface area contributed by atoms with Crippen LogP contribution in [0.1, 0.15) is 31.9 Å². The Bertz CT molecular complexity index is 484. The number of hydrogen-bond acceptors (Lipinski definition) is 2. The minimum Gasteiger partial charge on any atom is -0.315 e. The Balaban J connectivity index is 2.29. The number of amides is 1. The van der Waals surface area contributed by atoms with Crippen LogP contribution in [-0.2, 0) is 10.2 Å². The summed E-state index contributed by atoms with van der Waals surface area (Å²) < 4.78 is 0. The van der Waals surface area contributed by atoms with Gasteiger partial charge in [0, 0.05) is 25.8 Å². The number of aryl methyl sites for hydroxylation is 1. The van der Waals surface area contributed by atoms with Crippen molar-refractivity contribution in [2.45, 2.75) is 33.1 Å². The quantitative estimate of drug-likeness (QED) is 0.886. The standard InChI is InChI=1S/C16H24N2O/c1-11-6-7-13(16(2,3)4)8-14(11)18(5)15(19)12-9-17-10-12/h6-8,12,17H,9-10H2,1-5H3. The van der Waals surface area contributed by atoms with Crippen molar-refractivity contribution in [2.24, 2.45) is 5.92 Å². The topological polar surface area (TPSA) is 32.3 Å². The van der Waals surface area contributed by atoms with Crippen LogP contribution in [0.2, 0.25) is 0 Å². The van der Waals surface area contributed by atoms with Gasteiger partial charge in [0.1, 0.15) is 0 Å². The van der Waals surface area contributed by atoms with Gasteiger partial charge in [-0.2, -0.15) is 0 Å². The van der Waals surface area contributed by atoms with Crippen molar-refractivity contribution in [1.82, 2.24) is 5.32 Å². The molecule has 0 radical (unpaired) electrons. The summed E-state index contributed by atoms with van der Waals surface area (Å²) in [6, 6.07) is 6.42. The fourth-order valence-electron chi connectivity index (χ4n) is 2.29. The van der Waals surface area contributed by atoms with Crippen LogP contribution in [0.4, 0.5) is 5.69 Å². The SMILES string of the molecule is Cc1ccc(C(C)(C)C)cc1N(C)C(=O)C1CNC1. The molecule has 0 aliphatic carbocycles. The second-order valence-electron chi connectivity index (χ2n) is 6.50. The van der Waals surface area contributed by atoms with Crippen LogP contribution < -0.4 is 10.2 Å². The molecule has 1 heterocycles. The van der Waals surface area contributed by atoms with E-state index >= 15 is 0 Å². The minimum absolute atomic E-state index is 0.102. The lowest BCUT2D eigenvalue weighted by atomic mass is 9.86. The number of carbonyl (C=O) groups is 1. The van der Waals surface area contributed by atoms with Gasteiger partial charge in [0.2, 0.25) is 5.91 Å². The Hall–Kier alpha value is -1.35. The lowest BCUT2D eigenvalue weighted by molar-refractivity contribution is -0.123. The van der Waals surface area contributed by atoms with Crippen molar-refractivity contribution in [2.75, 3.05) is 25.0 Å². The van der Waals surface area contributed by atoms with Gasteiger partial charge in [0.15, 0.2) is 0 Å². The predicted molar refractivity (Wildman–Crippen MR) is 79.6 cm³/mol. The number of hydrogen-bond donors (Lipinski definition) is 1. The summed E-state index contributed by atoms with van der Waals surface area (Å²) in [6.07, 6.45) is 0. The van der Waals surface area contributed by atoms with E-state index in [0.717, 1.165) is 24.3 Å². The largest absolute Gasteiger partial charge is 0.315 e. The van der Waals surface area contributed by atoms with E-state index in [1.54, 1.807) is 0 Å². The Morgan fingerprint density at radius 3 is 2.42 bits per heavy atom. The molecule has 0 atom stereocenters. The smallest absolute Gasteiger partial charge is 0.232 e. The summed E-state index contributed by atoms with van der Waals surface area (Å²) in [4.78, 5) is 14.1. The molecular weight excluding hydrogens is 236 g/mol. The number of rotatable bonds is 2. The van der Waals surface area contributed by atoms with Gasteiger partial charge in [-0.15, -0.1) is 0 Å². The highest BCUT2D eigenvalue weighted by molar-refractivity contribution is 5.96. The Morgan fingerprint density at radius 2 is 1.95 bits per heavy atom. The maximum Gasteiger partial charge on any atom is 0.232 e. The van der Waals surface area contributed by atoms with Gasteiger partial charge in [-0.25, -0.2) is 0 Å². The molecule has 0 spiro atoms. The Kier molecular flexibility index (Phi) is 3.68. The number of nitrogens with zero attached hydrogens (tertiary/aromatic N) is 1. The average molecular weight is 260 g/mol. The number of anilines is 1. The highest BCUT2D eigenvalue weighted by Gasteiger charge is 2.29. The molecule has 3 heteroatoms. The molecule has 1 saturated heterocycles. The van der Waals surface area contributed by atoms with Crippen LogP contribution >= 0.6 is 0 Å². The van der Waals surface area contributed by atoms with Gasteiger partial charge in [0.25, 0.3) is 0 Å². The molecule has 0 aromatic heterocycles. The highest BCUT2D eigenvalue weighted by atomic mass is 16.2. The van der Waals surface area contributed by atoms with E-state index in [-0.39, 0.29) is 17.2 Å². The van der Waals surface area contributed by atoms with Crippen molar-refractivity contribution < 1.29 is 4.79 Å². The van der Waals surface area contributed by atoms with Crippen molar-refractivity contribution in [3.05, 3.63) is 29.3 Å².